The number of nitrogens with one attached hydrogen (secondary N) is 3. The minimum Gasteiger partial charge on any atom is -0.317 e. The van der Waals surface area contributed by atoms with Crippen molar-refractivity contribution in [2.75, 3.05) is 26.2 Å². The van der Waals surface area contributed by atoms with Gasteiger partial charge in [0.1, 0.15) is 0 Å². The molecule has 0 saturated carbocycles. The van der Waals surface area contributed by atoms with E-state index in [0.717, 1.165) is 39.3 Å². The van der Waals surface area contributed by atoms with Crippen LogP contribution < -0.4 is 16.0 Å². The maximum atomic E-state index is 3.50. The molecule has 2 rings (SSSR count). The molecule has 132 valence electrons. The van der Waals surface area contributed by atoms with Crippen molar-refractivity contribution < 1.29 is 0 Å². The molecule has 0 aliphatic heterocycles. The fraction of sp³-hybridized carbons (Fsp3) is 0.400. The highest BCUT2D eigenvalue weighted by Crippen LogP contribution is 1.97. The molecule has 0 unspecified atom stereocenters. The fourth-order valence-electron chi connectivity index (χ4n) is 2.46. The van der Waals surface area contributed by atoms with E-state index < -0.39 is 0 Å². The molecule has 24 heavy (non-hydrogen) atoms. The number of hydrogen-bond donors (Lipinski definition) is 3. The van der Waals surface area contributed by atoms with Crippen LogP contribution in [0, 0.1) is 0 Å². The van der Waals surface area contributed by atoms with Crippen LogP contribution in [-0.2, 0) is 13.1 Å². The van der Waals surface area contributed by atoms with E-state index in [4.69, 9.17) is 0 Å². The summed E-state index contributed by atoms with van der Waals surface area (Å²) >= 11 is 0. The third-order valence-corrected chi connectivity index (χ3v) is 3.76. The molecule has 0 amide bonds. The molecule has 0 spiro atoms. The van der Waals surface area contributed by atoms with E-state index in [0.29, 0.717) is 0 Å². The van der Waals surface area contributed by atoms with Gasteiger partial charge in [0.05, 0.1) is 0 Å². The van der Waals surface area contributed by atoms with Gasteiger partial charge in [0.15, 0.2) is 0 Å². The van der Waals surface area contributed by atoms with Gasteiger partial charge >= 0.3 is 0 Å². The van der Waals surface area contributed by atoms with Gasteiger partial charge in [-0.2, -0.15) is 0 Å². The van der Waals surface area contributed by atoms with Gasteiger partial charge in [0.2, 0.25) is 0 Å². The normalized spacial score (nSPS) is 10.3. The average molecular weight is 348 g/mol. The summed E-state index contributed by atoms with van der Waals surface area (Å²) in [6.07, 6.45) is 2.34. The van der Waals surface area contributed by atoms with Crippen molar-refractivity contribution in [1.82, 2.24) is 16.0 Å². The van der Waals surface area contributed by atoms with Gasteiger partial charge < -0.3 is 16.0 Å². The Bertz CT molecular complexity index is 457. The lowest BCUT2D eigenvalue weighted by atomic mass is 10.2. The van der Waals surface area contributed by atoms with Crippen LogP contribution in [0.2, 0.25) is 0 Å². The van der Waals surface area contributed by atoms with E-state index in [1.165, 1.54) is 24.0 Å². The third kappa shape index (κ3) is 9.68. The molecule has 0 aliphatic carbocycles. The Hall–Kier alpha value is -1.39. The van der Waals surface area contributed by atoms with Crippen molar-refractivity contribution in [1.29, 1.82) is 0 Å². The number of hydrogen-bond acceptors (Lipinski definition) is 3. The molecule has 0 saturated heterocycles. The van der Waals surface area contributed by atoms with Crippen LogP contribution in [0.3, 0.4) is 0 Å². The molecule has 3 nitrogen and oxygen atoms in total. The van der Waals surface area contributed by atoms with Crippen LogP contribution in [0.1, 0.15) is 24.0 Å². The maximum absolute atomic E-state index is 3.50. The van der Waals surface area contributed by atoms with Gasteiger partial charge in [-0.25, -0.2) is 0 Å². The van der Waals surface area contributed by atoms with E-state index >= 15 is 0 Å². The smallest absolute Gasteiger partial charge is 0.0205 e. The second kappa shape index (κ2) is 14.0. The van der Waals surface area contributed by atoms with Crippen LogP contribution in [0.25, 0.3) is 0 Å². The zero-order valence-corrected chi connectivity index (χ0v) is 15.2. The lowest BCUT2D eigenvalue weighted by Crippen LogP contribution is -2.25. The molecule has 0 aliphatic rings. The monoisotopic (exact) mass is 347 g/mol. The van der Waals surface area contributed by atoms with E-state index in [2.05, 4.69) is 76.6 Å². The Kier molecular flexibility index (Phi) is 12.0. The minimum absolute atomic E-state index is 0. The van der Waals surface area contributed by atoms with Crippen molar-refractivity contribution in [2.24, 2.45) is 0 Å². The molecule has 2 aromatic rings. The van der Waals surface area contributed by atoms with Crippen molar-refractivity contribution in [3.63, 3.8) is 0 Å². The first-order valence-corrected chi connectivity index (χ1v) is 8.65. The predicted octanol–water partition coefficient (Wildman–Crippen LogP) is 3.36. The van der Waals surface area contributed by atoms with Gasteiger partial charge in [-0.1, -0.05) is 60.7 Å². The Morgan fingerprint density at radius 3 is 1.29 bits per heavy atom. The Morgan fingerprint density at radius 2 is 0.875 bits per heavy atom. The van der Waals surface area contributed by atoms with Gasteiger partial charge in [-0.15, -0.1) is 12.4 Å². The van der Waals surface area contributed by atoms with Gasteiger partial charge in [-0.3, -0.25) is 0 Å². The summed E-state index contributed by atoms with van der Waals surface area (Å²) in [5.41, 5.74) is 2.70. The van der Waals surface area contributed by atoms with Gasteiger partial charge in [-0.05, 0) is 50.1 Å². The first kappa shape index (κ1) is 20.7. The van der Waals surface area contributed by atoms with Crippen LogP contribution in [0.5, 0.6) is 0 Å². The van der Waals surface area contributed by atoms with Crippen LogP contribution in [-0.4, -0.2) is 26.2 Å². The molecule has 2 aromatic carbocycles. The molecule has 0 aromatic heterocycles. The van der Waals surface area contributed by atoms with E-state index in [1.807, 2.05) is 0 Å². The quantitative estimate of drug-likeness (QED) is 0.515. The topological polar surface area (TPSA) is 36.1 Å². The first-order chi connectivity index (χ1) is 11.4. The molecule has 0 radical (unpaired) electrons. The number of rotatable bonds is 12. The molecule has 0 atom stereocenters. The van der Waals surface area contributed by atoms with E-state index in [1.54, 1.807) is 0 Å². The Morgan fingerprint density at radius 1 is 0.500 bits per heavy atom. The second-order valence-corrected chi connectivity index (χ2v) is 5.78. The van der Waals surface area contributed by atoms with Gasteiger partial charge in [0.25, 0.3) is 0 Å². The first-order valence-electron chi connectivity index (χ1n) is 8.65. The van der Waals surface area contributed by atoms with Crippen LogP contribution in [0.15, 0.2) is 60.7 Å². The molecule has 4 heteroatoms. The summed E-state index contributed by atoms with van der Waals surface area (Å²) in [6.45, 7) is 6.22. The summed E-state index contributed by atoms with van der Waals surface area (Å²) in [5.74, 6) is 0. The van der Waals surface area contributed by atoms with E-state index in [9.17, 15) is 0 Å². The lowest BCUT2D eigenvalue weighted by Gasteiger charge is -2.07. The molecular formula is C20H30ClN3. The zero-order valence-electron chi connectivity index (χ0n) is 14.3. The zero-order chi connectivity index (χ0) is 16.0. The molecular weight excluding hydrogens is 318 g/mol. The van der Waals surface area contributed by atoms with Crippen molar-refractivity contribution in [3.05, 3.63) is 71.8 Å². The number of halogens is 1. The summed E-state index contributed by atoms with van der Waals surface area (Å²) < 4.78 is 0. The molecule has 0 bridgehead atoms. The fourth-order valence-corrected chi connectivity index (χ4v) is 2.46. The van der Waals surface area contributed by atoms with Crippen LogP contribution >= 0.6 is 12.4 Å². The summed E-state index contributed by atoms with van der Waals surface area (Å²) in [6, 6.07) is 21.1. The number of benzene rings is 2. The highest BCUT2D eigenvalue weighted by Gasteiger charge is 1.93. The highest BCUT2D eigenvalue weighted by molar-refractivity contribution is 5.85. The van der Waals surface area contributed by atoms with Crippen molar-refractivity contribution in [2.45, 2.75) is 25.9 Å². The maximum Gasteiger partial charge on any atom is 0.0205 e. The standard InChI is InChI=1S/C20H29N3.ClH/c1-3-9-19(10-4-1)17-22-15-7-13-21-14-8-16-23-18-20-11-5-2-6-12-20;/h1-6,9-12,21-23H,7-8,13-18H2;1H. The minimum atomic E-state index is 0. The SMILES string of the molecule is Cl.c1ccc(CNCCCNCCCNCc2ccccc2)cc1. The summed E-state index contributed by atoms with van der Waals surface area (Å²) in [7, 11) is 0. The van der Waals surface area contributed by atoms with Crippen LogP contribution in [0.4, 0.5) is 0 Å². The summed E-state index contributed by atoms with van der Waals surface area (Å²) in [4.78, 5) is 0. The molecule has 3 N–H and O–H groups in total. The van der Waals surface area contributed by atoms with E-state index in [-0.39, 0.29) is 12.4 Å². The van der Waals surface area contributed by atoms with Crippen molar-refractivity contribution >= 4 is 12.4 Å². The lowest BCUT2D eigenvalue weighted by molar-refractivity contribution is 0.565. The molecule has 0 fully saturated rings. The Labute approximate surface area is 152 Å². The Balaban J connectivity index is 0.00000288. The van der Waals surface area contributed by atoms with Gasteiger partial charge in [0, 0.05) is 13.1 Å². The average Bonchev–Trinajstić information content (AvgIpc) is 2.61. The molecule has 0 heterocycles. The third-order valence-electron chi connectivity index (χ3n) is 3.76. The summed E-state index contributed by atoms with van der Waals surface area (Å²) in [5, 5.41) is 10.5. The second-order valence-electron chi connectivity index (χ2n) is 5.78. The highest BCUT2D eigenvalue weighted by atomic mass is 35.5. The van der Waals surface area contributed by atoms with Crippen molar-refractivity contribution in [3.8, 4) is 0 Å². The largest absolute Gasteiger partial charge is 0.317 e. The predicted molar refractivity (Wildman–Crippen MR) is 106 cm³/mol.